The van der Waals surface area contributed by atoms with Gasteiger partial charge in [0.05, 0.1) is 19.3 Å². The minimum absolute atomic E-state index is 0.184. The van der Waals surface area contributed by atoms with Gasteiger partial charge in [0, 0.05) is 7.11 Å². The molecule has 17 heavy (non-hydrogen) atoms. The number of aliphatic hydroxyl groups is 1. The molecule has 3 nitrogen and oxygen atoms in total. The van der Waals surface area contributed by atoms with Gasteiger partial charge in [-0.3, -0.25) is 0 Å². The average Bonchev–Trinajstić information content (AvgIpc) is 2.35. The van der Waals surface area contributed by atoms with Crippen LogP contribution in [0.5, 0.6) is 5.75 Å². The third-order valence-corrected chi connectivity index (χ3v) is 3.08. The number of ether oxygens (including phenoxy) is 2. The van der Waals surface area contributed by atoms with E-state index in [1.807, 2.05) is 32.0 Å². The lowest BCUT2D eigenvalue weighted by Gasteiger charge is -2.16. The van der Waals surface area contributed by atoms with E-state index in [1.165, 1.54) is 0 Å². The van der Waals surface area contributed by atoms with E-state index in [1.54, 1.807) is 14.2 Å². The first-order chi connectivity index (χ1) is 8.08. The van der Waals surface area contributed by atoms with Gasteiger partial charge in [0.2, 0.25) is 0 Å². The summed E-state index contributed by atoms with van der Waals surface area (Å²) in [5.74, 6) is 0.823. The molecular weight excluding hydrogens is 216 g/mol. The number of aliphatic hydroxyl groups excluding tert-OH is 1. The van der Waals surface area contributed by atoms with Crippen molar-refractivity contribution in [1.29, 1.82) is 0 Å². The van der Waals surface area contributed by atoms with Gasteiger partial charge < -0.3 is 14.6 Å². The van der Waals surface area contributed by atoms with E-state index in [9.17, 15) is 5.11 Å². The second-order valence-electron chi connectivity index (χ2n) is 4.36. The molecule has 1 rings (SSSR count). The van der Waals surface area contributed by atoms with Crippen molar-refractivity contribution >= 4 is 0 Å². The van der Waals surface area contributed by atoms with Crippen LogP contribution in [0.15, 0.2) is 18.2 Å². The number of hydrogen-bond acceptors (Lipinski definition) is 3. The Morgan fingerprint density at radius 3 is 2.47 bits per heavy atom. The van der Waals surface area contributed by atoms with Crippen molar-refractivity contribution in [1.82, 2.24) is 0 Å². The van der Waals surface area contributed by atoms with Crippen LogP contribution < -0.4 is 4.74 Å². The summed E-state index contributed by atoms with van der Waals surface area (Å²) in [5.41, 5.74) is 2.02. The normalized spacial score (nSPS) is 14.4. The van der Waals surface area contributed by atoms with E-state index in [4.69, 9.17) is 9.47 Å². The van der Waals surface area contributed by atoms with E-state index >= 15 is 0 Å². The Bertz CT molecular complexity index is 349. The highest BCUT2D eigenvalue weighted by molar-refractivity contribution is 5.35. The molecular formula is C14H22O3. The van der Waals surface area contributed by atoms with Crippen LogP contribution in [0, 0.1) is 6.92 Å². The lowest BCUT2D eigenvalue weighted by atomic mass is 9.98. The van der Waals surface area contributed by atoms with Gasteiger partial charge >= 0.3 is 0 Å². The van der Waals surface area contributed by atoms with E-state index < -0.39 is 6.10 Å². The molecule has 0 amide bonds. The number of benzene rings is 1. The third-order valence-electron chi connectivity index (χ3n) is 3.08. The van der Waals surface area contributed by atoms with E-state index in [0.717, 1.165) is 23.3 Å². The van der Waals surface area contributed by atoms with Gasteiger partial charge in [-0.2, -0.15) is 0 Å². The molecule has 0 aliphatic heterocycles. The van der Waals surface area contributed by atoms with Gasteiger partial charge in [-0.05, 0) is 49.9 Å². The minimum Gasteiger partial charge on any atom is -0.497 e. The Morgan fingerprint density at radius 1 is 1.24 bits per heavy atom. The van der Waals surface area contributed by atoms with Gasteiger partial charge in [-0.25, -0.2) is 0 Å². The molecule has 96 valence electrons. The molecule has 1 aromatic carbocycles. The molecule has 0 saturated carbocycles. The first kappa shape index (κ1) is 14.0. The first-order valence-electron chi connectivity index (χ1n) is 5.94. The van der Waals surface area contributed by atoms with Crippen LogP contribution in [-0.2, 0) is 4.74 Å². The van der Waals surface area contributed by atoms with Crippen LogP contribution in [0.4, 0.5) is 0 Å². The maximum atomic E-state index is 10.1. The topological polar surface area (TPSA) is 38.7 Å². The third kappa shape index (κ3) is 4.02. The monoisotopic (exact) mass is 238 g/mol. The van der Waals surface area contributed by atoms with Gasteiger partial charge in [0.15, 0.2) is 0 Å². The predicted molar refractivity (Wildman–Crippen MR) is 68.4 cm³/mol. The van der Waals surface area contributed by atoms with Gasteiger partial charge in [0.1, 0.15) is 5.75 Å². The molecule has 0 fully saturated rings. The largest absolute Gasteiger partial charge is 0.497 e. The van der Waals surface area contributed by atoms with Gasteiger partial charge in [0.25, 0.3) is 0 Å². The summed E-state index contributed by atoms with van der Waals surface area (Å²) in [6.45, 7) is 3.99. The molecule has 0 spiro atoms. The standard InChI is InChI=1S/C14H22O3/c1-10-9-12(17-4)6-7-13(10)14(15)8-5-11(2)16-3/h6-7,9,11,14-15H,5,8H2,1-4H3. The highest BCUT2D eigenvalue weighted by Gasteiger charge is 2.12. The number of rotatable bonds is 6. The van der Waals surface area contributed by atoms with Crippen molar-refractivity contribution in [2.24, 2.45) is 0 Å². The predicted octanol–water partition coefficient (Wildman–Crippen LogP) is 2.85. The molecule has 2 unspecified atom stereocenters. The quantitative estimate of drug-likeness (QED) is 0.828. The van der Waals surface area contributed by atoms with Crippen molar-refractivity contribution in [3.63, 3.8) is 0 Å². The van der Waals surface area contributed by atoms with E-state index in [-0.39, 0.29) is 6.10 Å². The molecule has 0 heterocycles. The van der Waals surface area contributed by atoms with Crippen LogP contribution in [0.25, 0.3) is 0 Å². The zero-order valence-electron chi connectivity index (χ0n) is 11.1. The maximum absolute atomic E-state index is 10.1. The lowest BCUT2D eigenvalue weighted by molar-refractivity contribution is 0.0849. The van der Waals surface area contributed by atoms with E-state index in [2.05, 4.69) is 0 Å². The van der Waals surface area contributed by atoms with Gasteiger partial charge in [-0.1, -0.05) is 6.07 Å². The SMILES string of the molecule is COc1ccc(C(O)CCC(C)OC)c(C)c1. The molecule has 0 aliphatic carbocycles. The highest BCUT2D eigenvalue weighted by atomic mass is 16.5. The Hall–Kier alpha value is -1.06. The smallest absolute Gasteiger partial charge is 0.119 e. The van der Waals surface area contributed by atoms with Crippen molar-refractivity contribution in [2.75, 3.05) is 14.2 Å². The Morgan fingerprint density at radius 2 is 1.94 bits per heavy atom. The van der Waals surface area contributed by atoms with Crippen LogP contribution in [0.1, 0.15) is 37.0 Å². The minimum atomic E-state index is -0.432. The summed E-state index contributed by atoms with van der Waals surface area (Å²) in [7, 11) is 3.33. The second kappa shape index (κ2) is 6.62. The lowest BCUT2D eigenvalue weighted by Crippen LogP contribution is -2.08. The summed E-state index contributed by atoms with van der Waals surface area (Å²) in [6.07, 6.45) is 1.31. The summed E-state index contributed by atoms with van der Waals surface area (Å²) in [4.78, 5) is 0. The molecule has 0 aromatic heterocycles. The van der Waals surface area contributed by atoms with Crippen molar-refractivity contribution < 1.29 is 14.6 Å². The number of hydrogen-bond donors (Lipinski definition) is 1. The summed E-state index contributed by atoms with van der Waals surface area (Å²) in [5, 5.41) is 10.1. The fraction of sp³-hybridized carbons (Fsp3) is 0.571. The number of aryl methyl sites for hydroxylation is 1. The van der Waals surface area contributed by atoms with Crippen molar-refractivity contribution in [2.45, 2.75) is 38.9 Å². The first-order valence-corrected chi connectivity index (χ1v) is 5.94. The molecule has 1 aromatic rings. The Balaban J connectivity index is 2.65. The fourth-order valence-corrected chi connectivity index (χ4v) is 1.81. The van der Waals surface area contributed by atoms with Crippen molar-refractivity contribution in [3.8, 4) is 5.75 Å². The summed E-state index contributed by atoms with van der Waals surface area (Å²) >= 11 is 0. The molecule has 2 atom stereocenters. The van der Waals surface area contributed by atoms with E-state index in [0.29, 0.717) is 6.42 Å². The molecule has 0 radical (unpaired) electrons. The molecule has 1 N–H and O–H groups in total. The van der Waals surface area contributed by atoms with Crippen molar-refractivity contribution in [3.05, 3.63) is 29.3 Å². The summed E-state index contributed by atoms with van der Waals surface area (Å²) < 4.78 is 10.3. The van der Waals surface area contributed by atoms with Crippen LogP contribution >= 0.6 is 0 Å². The van der Waals surface area contributed by atoms with Crippen LogP contribution in [-0.4, -0.2) is 25.4 Å². The Kier molecular flexibility index (Phi) is 5.45. The second-order valence-corrected chi connectivity index (χ2v) is 4.36. The number of methoxy groups -OCH3 is 2. The highest BCUT2D eigenvalue weighted by Crippen LogP contribution is 2.26. The molecule has 0 saturated heterocycles. The zero-order chi connectivity index (χ0) is 12.8. The van der Waals surface area contributed by atoms with Gasteiger partial charge in [-0.15, -0.1) is 0 Å². The summed E-state index contributed by atoms with van der Waals surface area (Å²) in [6, 6.07) is 5.75. The average molecular weight is 238 g/mol. The maximum Gasteiger partial charge on any atom is 0.119 e. The van der Waals surface area contributed by atoms with Crippen LogP contribution in [0.3, 0.4) is 0 Å². The molecule has 0 bridgehead atoms. The molecule has 3 heteroatoms. The molecule has 0 aliphatic rings. The fourth-order valence-electron chi connectivity index (χ4n) is 1.81. The Labute approximate surface area is 103 Å². The van der Waals surface area contributed by atoms with Crippen LogP contribution in [0.2, 0.25) is 0 Å². The zero-order valence-corrected chi connectivity index (χ0v) is 11.1.